The van der Waals surface area contributed by atoms with E-state index in [0.717, 1.165) is 18.3 Å². The van der Waals surface area contributed by atoms with Gasteiger partial charge in [-0.3, -0.25) is 25.7 Å². The number of anilines is 1. The largest absolute Gasteiger partial charge is 0.507 e. The Kier molecular flexibility index (Phi) is 5.13. The predicted octanol–water partition coefficient (Wildman–Crippen LogP) is 3.48. The van der Waals surface area contributed by atoms with Crippen LogP contribution in [0, 0.1) is 20.2 Å². The first-order valence-electron chi connectivity index (χ1n) is 7.55. The van der Waals surface area contributed by atoms with Crippen molar-refractivity contribution in [1.82, 2.24) is 4.98 Å². The zero-order valence-corrected chi connectivity index (χ0v) is 14.7. The van der Waals surface area contributed by atoms with Crippen LogP contribution in [-0.2, 0) is 0 Å². The standard InChI is InChI=1S/C16H11N5O6S/c22-14-6-15(23)13(21(26)27)5-10(14)7-17-19-16-18-12(8-28-16)9-2-1-3-11(4-9)20(24)25/h1-8,22-23H,(H,18,19)/b17-7+. The second-order valence-corrected chi connectivity index (χ2v) is 6.23. The van der Waals surface area contributed by atoms with Crippen molar-refractivity contribution in [2.75, 3.05) is 5.43 Å². The number of nitro groups is 2. The molecule has 142 valence electrons. The first-order valence-corrected chi connectivity index (χ1v) is 8.43. The lowest BCUT2D eigenvalue weighted by Crippen LogP contribution is -1.94. The highest BCUT2D eigenvalue weighted by molar-refractivity contribution is 7.14. The fourth-order valence-corrected chi connectivity index (χ4v) is 2.89. The van der Waals surface area contributed by atoms with Crippen LogP contribution in [0.25, 0.3) is 11.3 Å². The summed E-state index contributed by atoms with van der Waals surface area (Å²) in [6.07, 6.45) is 1.14. The lowest BCUT2D eigenvalue weighted by molar-refractivity contribution is -0.385. The second kappa shape index (κ2) is 7.67. The van der Waals surface area contributed by atoms with Gasteiger partial charge in [-0.05, 0) is 0 Å². The number of rotatable bonds is 6. The number of hydrazone groups is 1. The minimum absolute atomic E-state index is 0.0208. The highest BCUT2D eigenvalue weighted by Crippen LogP contribution is 2.32. The summed E-state index contributed by atoms with van der Waals surface area (Å²) in [4.78, 5) is 24.7. The van der Waals surface area contributed by atoms with Crippen molar-refractivity contribution in [3.05, 3.63) is 67.6 Å². The molecule has 0 aliphatic rings. The van der Waals surface area contributed by atoms with Gasteiger partial charge in [-0.25, -0.2) is 4.98 Å². The number of hydrogen-bond donors (Lipinski definition) is 3. The van der Waals surface area contributed by atoms with E-state index in [-0.39, 0.29) is 17.0 Å². The van der Waals surface area contributed by atoms with Crippen molar-refractivity contribution in [2.24, 2.45) is 5.10 Å². The molecule has 0 spiro atoms. The van der Waals surface area contributed by atoms with Crippen LogP contribution < -0.4 is 5.43 Å². The molecule has 3 rings (SSSR count). The molecule has 0 aliphatic heterocycles. The number of phenols is 2. The van der Waals surface area contributed by atoms with E-state index in [1.165, 1.54) is 23.5 Å². The van der Waals surface area contributed by atoms with Crippen LogP contribution in [0.15, 0.2) is 46.9 Å². The highest BCUT2D eigenvalue weighted by atomic mass is 32.1. The van der Waals surface area contributed by atoms with Gasteiger partial charge >= 0.3 is 5.69 Å². The Labute approximate surface area is 160 Å². The molecule has 3 aromatic rings. The van der Waals surface area contributed by atoms with Gasteiger partial charge in [0.2, 0.25) is 5.13 Å². The molecule has 2 aromatic carbocycles. The zero-order chi connectivity index (χ0) is 20.3. The number of benzene rings is 2. The Hall–Kier alpha value is -4.06. The third-order valence-corrected chi connectivity index (χ3v) is 4.29. The maximum absolute atomic E-state index is 10.9. The monoisotopic (exact) mass is 401 g/mol. The highest BCUT2D eigenvalue weighted by Gasteiger charge is 2.16. The summed E-state index contributed by atoms with van der Waals surface area (Å²) in [6, 6.07) is 7.84. The third kappa shape index (κ3) is 4.02. The van der Waals surface area contributed by atoms with Gasteiger partial charge < -0.3 is 10.2 Å². The van der Waals surface area contributed by atoms with E-state index < -0.39 is 21.3 Å². The SMILES string of the molecule is O=[N+]([O-])c1cccc(-c2csc(N/N=C/c3cc([N+](=O)[O-])c(O)cc3O)n2)c1. The van der Waals surface area contributed by atoms with Crippen LogP contribution in [0.3, 0.4) is 0 Å². The molecule has 0 atom stereocenters. The number of nitrogens with one attached hydrogen (secondary N) is 1. The Bertz CT molecular complexity index is 1100. The average molecular weight is 401 g/mol. The van der Waals surface area contributed by atoms with Gasteiger partial charge in [0.25, 0.3) is 5.69 Å². The smallest absolute Gasteiger partial charge is 0.311 e. The van der Waals surface area contributed by atoms with E-state index in [1.807, 2.05) is 0 Å². The molecule has 0 saturated carbocycles. The summed E-state index contributed by atoms with van der Waals surface area (Å²) in [7, 11) is 0. The lowest BCUT2D eigenvalue weighted by atomic mass is 10.1. The van der Waals surface area contributed by atoms with E-state index in [1.54, 1.807) is 17.5 Å². The second-order valence-electron chi connectivity index (χ2n) is 5.37. The van der Waals surface area contributed by atoms with Crippen LogP contribution in [0.5, 0.6) is 11.5 Å². The molecule has 1 heterocycles. The first kappa shape index (κ1) is 18.7. The summed E-state index contributed by atoms with van der Waals surface area (Å²) in [5, 5.41) is 46.8. The minimum atomic E-state index is -0.786. The number of nitro benzene ring substituents is 2. The van der Waals surface area contributed by atoms with Crippen LogP contribution in [0.4, 0.5) is 16.5 Å². The predicted molar refractivity (Wildman–Crippen MR) is 102 cm³/mol. The topological polar surface area (TPSA) is 164 Å². The number of aromatic hydroxyl groups is 2. The van der Waals surface area contributed by atoms with Gasteiger partial charge in [0.05, 0.1) is 21.8 Å². The van der Waals surface area contributed by atoms with Crippen molar-refractivity contribution in [1.29, 1.82) is 0 Å². The Morgan fingerprint density at radius 3 is 2.61 bits per heavy atom. The van der Waals surface area contributed by atoms with E-state index >= 15 is 0 Å². The van der Waals surface area contributed by atoms with Crippen LogP contribution in [0.1, 0.15) is 5.56 Å². The molecule has 28 heavy (non-hydrogen) atoms. The molecule has 0 radical (unpaired) electrons. The van der Waals surface area contributed by atoms with Crippen molar-refractivity contribution in [3.8, 4) is 22.8 Å². The first-order chi connectivity index (χ1) is 13.3. The van der Waals surface area contributed by atoms with Gasteiger partial charge in [-0.15, -0.1) is 11.3 Å². The lowest BCUT2D eigenvalue weighted by Gasteiger charge is -2.01. The van der Waals surface area contributed by atoms with E-state index in [2.05, 4.69) is 15.5 Å². The number of nitrogens with zero attached hydrogens (tertiary/aromatic N) is 4. The van der Waals surface area contributed by atoms with E-state index in [0.29, 0.717) is 16.4 Å². The molecule has 11 nitrogen and oxygen atoms in total. The average Bonchev–Trinajstić information content (AvgIpc) is 3.12. The fraction of sp³-hybridized carbons (Fsp3) is 0. The fourth-order valence-electron chi connectivity index (χ4n) is 2.23. The summed E-state index contributed by atoms with van der Waals surface area (Å²) < 4.78 is 0. The Morgan fingerprint density at radius 1 is 1.11 bits per heavy atom. The number of phenolic OH excluding ortho intramolecular Hbond substituents is 2. The molecule has 1 aromatic heterocycles. The van der Waals surface area contributed by atoms with Crippen molar-refractivity contribution in [3.63, 3.8) is 0 Å². The van der Waals surface area contributed by atoms with Gasteiger partial charge in [-0.1, -0.05) is 12.1 Å². The molecule has 0 amide bonds. The molecule has 0 unspecified atom stereocenters. The van der Waals surface area contributed by atoms with Crippen LogP contribution in [-0.4, -0.2) is 31.3 Å². The number of hydrogen-bond acceptors (Lipinski definition) is 10. The molecular formula is C16H11N5O6S. The Balaban J connectivity index is 1.76. The molecule has 3 N–H and O–H groups in total. The van der Waals surface area contributed by atoms with E-state index in [9.17, 15) is 30.4 Å². The number of thiazole rings is 1. The summed E-state index contributed by atoms with van der Waals surface area (Å²) in [5.74, 6) is -1.04. The third-order valence-electron chi connectivity index (χ3n) is 3.54. The Morgan fingerprint density at radius 2 is 1.89 bits per heavy atom. The van der Waals surface area contributed by atoms with Gasteiger partial charge in [-0.2, -0.15) is 5.10 Å². The molecule has 12 heteroatoms. The van der Waals surface area contributed by atoms with Gasteiger partial charge in [0.15, 0.2) is 5.75 Å². The molecular weight excluding hydrogens is 390 g/mol. The molecule has 0 aliphatic carbocycles. The summed E-state index contributed by atoms with van der Waals surface area (Å²) in [5.41, 5.74) is 3.08. The van der Waals surface area contributed by atoms with Crippen LogP contribution >= 0.6 is 11.3 Å². The maximum Gasteiger partial charge on any atom is 0.311 e. The van der Waals surface area contributed by atoms with Crippen LogP contribution in [0.2, 0.25) is 0 Å². The minimum Gasteiger partial charge on any atom is -0.507 e. The molecule has 0 bridgehead atoms. The summed E-state index contributed by atoms with van der Waals surface area (Å²) >= 11 is 1.19. The van der Waals surface area contributed by atoms with E-state index in [4.69, 9.17) is 0 Å². The van der Waals surface area contributed by atoms with Crippen molar-refractivity contribution in [2.45, 2.75) is 0 Å². The molecule has 0 fully saturated rings. The summed E-state index contributed by atoms with van der Waals surface area (Å²) in [6.45, 7) is 0. The normalized spacial score (nSPS) is 10.9. The molecule has 0 saturated heterocycles. The number of non-ortho nitro benzene ring substituents is 1. The van der Waals surface area contributed by atoms with Crippen molar-refractivity contribution < 1.29 is 20.1 Å². The van der Waals surface area contributed by atoms with Gasteiger partial charge in [0.1, 0.15) is 5.75 Å². The zero-order valence-electron chi connectivity index (χ0n) is 13.8. The van der Waals surface area contributed by atoms with Gasteiger partial charge in [0, 0.05) is 40.8 Å². The van der Waals surface area contributed by atoms with Crippen molar-refractivity contribution >= 4 is 34.1 Å². The quantitative estimate of drug-likeness (QED) is 0.321. The number of aromatic nitrogens is 1. The maximum atomic E-state index is 10.9.